The standard InChI is InChI=1S/C13H18N2O4/c1-10-2-3-11(15(17)18)8-12(10)14-9-13(16)4-6-19-7-5-13/h2-3,8,14,16H,4-7,9H2,1H3. The molecule has 1 heterocycles. The van der Waals surface area contributed by atoms with Gasteiger partial charge >= 0.3 is 0 Å². The summed E-state index contributed by atoms with van der Waals surface area (Å²) >= 11 is 0. The Bertz CT molecular complexity index is 470. The monoisotopic (exact) mass is 266 g/mol. The van der Waals surface area contributed by atoms with Gasteiger partial charge in [-0.25, -0.2) is 0 Å². The van der Waals surface area contributed by atoms with Crippen LogP contribution in [0.3, 0.4) is 0 Å². The number of nitro groups is 1. The average Bonchev–Trinajstić information content (AvgIpc) is 2.38. The molecule has 6 heteroatoms. The number of aliphatic hydroxyl groups is 1. The van der Waals surface area contributed by atoms with Gasteiger partial charge in [-0.05, 0) is 12.5 Å². The van der Waals surface area contributed by atoms with Crippen molar-refractivity contribution >= 4 is 11.4 Å². The molecule has 1 fully saturated rings. The molecule has 6 nitrogen and oxygen atoms in total. The Morgan fingerprint density at radius 3 is 2.79 bits per heavy atom. The molecule has 1 aromatic carbocycles. The van der Waals surface area contributed by atoms with Crippen molar-refractivity contribution in [2.24, 2.45) is 0 Å². The average molecular weight is 266 g/mol. The van der Waals surface area contributed by atoms with Gasteiger partial charge < -0.3 is 15.2 Å². The van der Waals surface area contributed by atoms with Crippen LogP contribution in [0.1, 0.15) is 18.4 Å². The van der Waals surface area contributed by atoms with E-state index in [4.69, 9.17) is 4.74 Å². The van der Waals surface area contributed by atoms with E-state index < -0.39 is 10.5 Å². The number of nitrogens with one attached hydrogen (secondary N) is 1. The molecule has 0 aromatic heterocycles. The fourth-order valence-electron chi connectivity index (χ4n) is 2.10. The Morgan fingerprint density at radius 1 is 1.47 bits per heavy atom. The number of aryl methyl sites for hydroxylation is 1. The number of anilines is 1. The maximum absolute atomic E-state index is 10.7. The second-order valence-electron chi connectivity index (χ2n) is 4.95. The van der Waals surface area contributed by atoms with Crippen molar-refractivity contribution in [2.45, 2.75) is 25.4 Å². The smallest absolute Gasteiger partial charge is 0.271 e. The van der Waals surface area contributed by atoms with Gasteiger partial charge in [0.15, 0.2) is 0 Å². The van der Waals surface area contributed by atoms with E-state index in [0.29, 0.717) is 38.3 Å². The SMILES string of the molecule is Cc1ccc([N+](=O)[O-])cc1NCC1(O)CCOCC1. The van der Waals surface area contributed by atoms with E-state index in [1.54, 1.807) is 6.07 Å². The highest BCUT2D eigenvalue weighted by Crippen LogP contribution is 2.25. The fourth-order valence-corrected chi connectivity index (χ4v) is 2.10. The number of nitro benzene ring substituents is 1. The van der Waals surface area contributed by atoms with Gasteiger partial charge in [-0.15, -0.1) is 0 Å². The van der Waals surface area contributed by atoms with Crippen molar-refractivity contribution in [3.63, 3.8) is 0 Å². The first kappa shape index (κ1) is 13.8. The third-order valence-electron chi connectivity index (χ3n) is 3.46. The van der Waals surface area contributed by atoms with Crippen LogP contribution in [0.15, 0.2) is 18.2 Å². The molecule has 0 atom stereocenters. The molecule has 1 aliphatic rings. The molecule has 0 aliphatic carbocycles. The summed E-state index contributed by atoms with van der Waals surface area (Å²) in [5, 5.41) is 24.2. The maximum Gasteiger partial charge on any atom is 0.271 e. The van der Waals surface area contributed by atoms with Gasteiger partial charge in [-0.1, -0.05) is 6.07 Å². The number of rotatable bonds is 4. The van der Waals surface area contributed by atoms with Crippen molar-refractivity contribution < 1.29 is 14.8 Å². The van der Waals surface area contributed by atoms with E-state index in [0.717, 1.165) is 5.56 Å². The van der Waals surface area contributed by atoms with Crippen LogP contribution < -0.4 is 5.32 Å². The van der Waals surface area contributed by atoms with Crippen LogP contribution in [0.25, 0.3) is 0 Å². The first-order chi connectivity index (χ1) is 9.00. The van der Waals surface area contributed by atoms with Gasteiger partial charge in [-0.3, -0.25) is 10.1 Å². The fraction of sp³-hybridized carbons (Fsp3) is 0.538. The molecule has 2 rings (SSSR count). The lowest BCUT2D eigenvalue weighted by Crippen LogP contribution is -2.42. The van der Waals surface area contributed by atoms with E-state index in [1.807, 2.05) is 6.92 Å². The zero-order valence-corrected chi connectivity index (χ0v) is 10.9. The number of hydrogen-bond donors (Lipinski definition) is 2. The van der Waals surface area contributed by atoms with Gasteiger partial charge in [0.05, 0.1) is 10.5 Å². The topological polar surface area (TPSA) is 84.6 Å². The lowest BCUT2D eigenvalue weighted by molar-refractivity contribution is -0.384. The second-order valence-corrected chi connectivity index (χ2v) is 4.95. The van der Waals surface area contributed by atoms with Crippen LogP contribution >= 0.6 is 0 Å². The molecule has 1 saturated heterocycles. The minimum absolute atomic E-state index is 0.0482. The van der Waals surface area contributed by atoms with Crippen LogP contribution in [-0.2, 0) is 4.74 Å². The molecule has 2 N–H and O–H groups in total. The molecule has 19 heavy (non-hydrogen) atoms. The molecular formula is C13H18N2O4. The third kappa shape index (κ3) is 3.42. The zero-order chi connectivity index (χ0) is 13.9. The highest BCUT2D eigenvalue weighted by molar-refractivity contribution is 5.56. The molecule has 0 radical (unpaired) electrons. The minimum Gasteiger partial charge on any atom is -0.388 e. The van der Waals surface area contributed by atoms with Crippen LogP contribution in [0, 0.1) is 17.0 Å². The molecule has 0 spiro atoms. The second kappa shape index (κ2) is 5.54. The summed E-state index contributed by atoms with van der Waals surface area (Å²) in [6, 6.07) is 4.68. The van der Waals surface area contributed by atoms with Crippen molar-refractivity contribution in [2.75, 3.05) is 25.1 Å². The van der Waals surface area contributed by atoms with Gasteiger partial charge in [0, 0.05) is 50.4 Å². The number of hydrogen-bond acceptors (Lipinski definition) is 5. The summed E-state index contributed by atoms with van der Waals surface area (Å²) < 4.78 is 5.21. The van der Waals surface area contributed by atoms with Gasteiger partial charge in [0.1, 0.15) is 0 Å². The molecule has 104 valence electrons. The van der Waals surface area contributed by atoms with E-state index in [1.165, 1.54) is 12.1 Å². The van der Waals surface area contributed by atoms with Crippen LogP contribution in [0.5, 0.6) is 0 Å². The summed E-state index contributed by atoms with van der Waals surface area (Å²) in [5.74, 6) is 0. The van der Waals surface area contributed by atoms with Gasteiger partial charge in [-0.2, -0.15) is 0 Å². The first-order valence-corrected chi connectivity index (χ1v) is 6.29. The zero-order valence-electron chi connectivity index (χ0n) is 10.9. The predicted molar refractivity (Wildman–Crippen MR) is 71.3 cm³/mol. The quantitative estimate of drug-likeness (QED) is 0.641. The summed E-state index contributed by atoms with van der Waals surface area (Å²) in [7, 11) is 0. The Balaban J connectivity index is 2.06. The Morgan fingerprint density at radius 2 is 2.16 bits per heavy atom. The van der Waals surface area contributed by atoms with E-state index >= 15 is 0 Å². The van der Waals surface area contributed by atoms with Gasteiger partial charge in [0.25, 0.3) is 5.69 Å². The number of nitrogens with zero attached hydrogens (tertiary/aromatic N) is 1. The van der Waals surface area contributed by atoms with Crippen molar-refractivity contribution in [3.05, 3.63) is 33.9 Å². The van der Waals surface area contributed by atoms with Crippen LogP contribution in [-0.4, -0.2) is 35.4 Å². The molecular weight excluding hydrogens is 248 g/mol. The maximum atomic E-state index is 10.7. The van der Waals surface area contributed by atoms with Crippen LogP contribution in [0.4, 0.5) is 11.4 Å². The minimum atomic E-state index is -0.796. The third-order valence-corrected chi connectivity index (χ3v) is 3.46. The summed E-state index contributed by atoms with van der Waals surface area (Å²) in [6.45, 7) is 3.34. The van der Waals surface area contributed by atoms with Crippen molar-refractivity contribution in [3.8, 4) is 0 Å². The molecule has 0 amide bonds. The number of benzene rings is 1. The summed E-state index contributed by atoms with van der Waals surface area (Å²) in [5.41, 5.74) is 0.859. The van der Waals surface area contributed by atoms with Crippen molar-refractivity contribution in [1.82, 2.24) is 0 Å². The number of non-ortho nitro benzene ring substituents is 1. The van der Waals surface area contributed by atoms with E-state index in [9.17, 15) is 15.2 Å². The van der Waals surface area contributed by atoms with Crippen molar-refractivity contribution in [1.29, 1.82) is 0 Å². The lowest BCUT2D eigenvalue weighted by Gasteiger charge is -2.32. The Hall–Kier alpha value is -1.66. The highest BCUT2D eigenvalue weighted by atomic mass is 16.6. The molecule has 1 aromatic rings. The lowest BCUT2D eigenvalue weighted by atomic mass is 9.94. The molecule has 0 saturated carbocycles. The summed E-state index contributed by atoms with van der Waals surface area (Å²) in [6.07, 6.45) is 1.15. The van der Waals surface area contributed by atoms with Gasteiger partial charge in [0.2, 0.25) is 0 Å². The van der Waals surface area contributed by atoms with E-state index in [-0.39, 0.29) is 5.69 Å². The molecule has 0 bridgehead atoms. The van der Waals surface area contributed by atoms with Crippen LogP contribution in [0.2, 0.25) is 0 Å². The predicted octanol–water partition coefficient (Wildman–Crippen LogP) is 1.86. The first-order valence-electron chi connectivity index (χ1n) is 6.29. The Labute approximate surface area is 111 Å². The molecule has 1 aliphatic heterocycles. The summed E-state index contributed by atoms with van der Waals surface area (Å²) in [4.78, 5) is 10.3. The Kier molecular flexibility index (Phi) is 4.01. The largest absolute Gasteiger partial charge is 0.388 e. The molecule has 0 unspecified atom stereocenters. The van der Waals surface area contributed by atoms with E-state index in [2.05, 4.69) is 5.32 Å². The number of ether oxygens (including phenoxy) is 1. The normalized spacial score (nSPS) is 18.0. The highest BCUT2D eigenvalue weighted by Gasteiger charge is 2.29.